The van der Waals surface area contributed by atoms with E-state index in [1.807, 2.05) is 42.6 Å². The van der Waals surface area contributed by atoms with Gasteiger partial charge in [-0.25, -0.2) is 4.98 Å². The minimum atomic E-state index is 0.874. The van der Waals surface area contributed by atoms with E-state index in [0.29, 0.717) is 0 Å². The van der Waals surface area contributed by atoms with Crippen molar-refractivity contribution in [3.05, 3.63) is 122 Å². The van der Waals surface area contributed by atoms with Crippen LogP contribution in [0.2, 0.25) is 0 Å². The molecule has 39 heavy (non-hydrogen) atoms. The predicted molar refractivity (Wildman–Crippen MR) is 158 cm³/mol. The molecule has 0 bridgehead atoms. The molecule has 0 atom stereocenters. The Labute approximate surface area is 222 Å². The van der Waals surface area contributed by atoms with Gasteiger partial charge in [0.1, 0.15) is 28.0 Å². The highest BCUT2D eigenvalue weighted by Gasteiger charge is 2.14. The van der Waals surface area contributed by atoms with Crippen LogP contribution in [0.1, 0.15) is 0 Å². The van der Waals surface area contributed by atoms with Crippen LogP contribution in [0.25, 0.3) is 82.7 Å². The van der Waals surface area contributed by atoms with Crippen LogP contribution in [-0.2, 0) is 0 Å². The van der Waals surface area contributed by atoms with E-state index >= 15 is 0 Å². The maximum Gasteiger partial charge on any atom is 0.137 e. The Morgan fingerprint density at radius 1 is 0.487 bits per heavy atom. The number of para-hydroxylation sites is 1. The van der Waals surface area contributed by atoms with E-state index in [-0.39, 0.29) is 0 Å². The topological polar surface area (TPSA) is 43.6 Å². The third-order valence-electron chi connectivity index (χ3n) is 7.80. The van der Waals surface area contributed by atoms with Crippen molar-refractivity contribution in [2.45, 2.75) is 0 Å². The number of hydrogen-bond acceptors (Lipinski definition) is 3. The zero-order chi connectivity index (χ0) is 25.5. The number of pyridine rings is 1. The Morgan fingerprint density at radius 2 is 1.13 bits per heavy atom. The fourth-order valence-electron chi connectivity index (χ4n) is 5.83. The molecule has 0 amide bonds. The lowest BCUT2D eigenvalue weighted by Crippen LogP contribution is -1.82. The van der Waals surface area contributed by atoms with Gasteiger partial charge in [-0.15, -0.1) is 0 Å². The molecule has 5 aromatic carbocycles. The molecule has 0 radical (unpaired) electrons. The number of benzene rings is 5. The van der Waals surface area contributed by atoms with Crippen LogP contribution in [0.3, 0.4) is 0 Å². The highest BCUT2D eigenvalue weighted by molar-refractivity contribution is 6.15. The van der Waals surface area contributed by atoms with Gasteiger partial charge in [-0.2, -0.15) is 0 Å². The minimum Gasteiger partial charge on any atom is -0.456 e. The van der Waals surface area contributed by atoms with Crippen molar-refractivity contribution in [1.29, 1.82) is 0 Å². The van der Waals surface area contributed by atoms with E-state index in [0.717, 1.165) is 66.3 Å². The third-order valence-corrected chi connectivity index (χ3v) is 7.80. The molecule has 4 nitrogen and oxygen atoms in total. The average Bonchev–Trinajstić information content (AvgIpc) is 3.68. The van der Waals surface area contributed by atoms with Crippen LogP contribution in [0.5, 0.6) is 0 Å². The molecular weight excluding hydrogens is 480 g/mol. The van der Waals surface area contributed by atoms with Gasteiger partial charge in [0.25, 0.3) is 0 Å². The normalized spacial score (nSPS) is 12.1. The van der Waals surface area contributed by atoms with E-state index in [4.69, 9.17) is 13.8 Å². The molecule has 4 heterocycles. The van der Waals surface area contributed by atoms with Gasteiger partial charge in [0, 0.05) is 39.5 Å². The van der Waals surface area contributed by atoms with Crippen molar-refractivity contribution in [1.82, 2.24) is 9.38 Å². The number of hydrogen-bond donors (Lipinski definition) is 0. The molecule has 0 aliphatic rings. The molecule has 9 rings (SSSR count). The van der Waals surface area contributed by atoms with Gasteiger partial charge in [0.05, 0.1) is 5.69 Å². The van der Waals surface area contributed by atoms with E-state index in [9.17, 15) is 0 Å². The van der Waals surface area contributed by atoms with Crippen LogP contribution in [0.4, 0.5) is 0 Å². The second-order valence-corrected chi connectivity index (χ2v) is 10.1. The monoisotopic (exact) mass is 500 g/mol. The zero-order valence-corrected chi connectivity index (χ0v) is 20.8. The molecule has 4 aromatic heterocycles. The van der Waals surface area contributed by atoms with Gasteiger partial charge in [0.15, 0.2) is 0 Å². The summed E-state index contributed by atoms with van der Waals surface area (Å²) in [5.41, 5.74) is 8.89. The average molecular weight is 501 g/mol. The Hall–Kier alpha value is -5.35. The van der Waals surface area contributed by atoms with Crippen molar-refractivity contribution >= 4 is 60.3 Å². The molecule has 9 aromatic rings. The van der Waals surface area contributed by atoms with Crippen LogP contribution in [0.15, 0.2) is 130 Å². The standard InChI is InChI=1S/C35H20N2O2/c1-2-6-31-26(5-1)28-18-34-29(19-33(28)38-31)27-17-24(12-13-32(27)39-34)22-8-9-23-16-25(11-10-21(23)15-22)30-20-37-14-4-3-7-35(37)36-30/h1-20H. The Kier molecular flexibility index (Phi) is 4.02. The number of imidazole rings is 1. The highest BCUT2D eigenvalue weighted by Crippen LogP contribution is 2.38. The van der Waals surface area contributed by atoms with Gasteiger partial charge in [-0.3, -0.25) is 0 Å². The molecule has 0 aliphatic carbocycles. The van der Waals surface area contributed by atoms with Gasteiger partial charge in [0.2, 0.25) is 0 Å². The number of nitrogens with zero attached hydrogens (tertiary/aromatic N) is 2. The van der Waals surface area contributed by atoms with Crippen molar-refractivity contribution < 1.29 is 8.83 Å². The molecule has 0 saturated carbocycles. The Balaban J connectivity index is 1.15. The second-order valence-electron chi connectivity index (χ2n) is 10.1. The first kappa shape index (κ1) is 20.7. The first-order chi connectivity index (χ1) is 19.3. The summed E-state index contributed by atoms with van der Waals surface area (Å²) in [7, 11) is 0. The molecule has 4 heteroatoms. The lowest BCUT2D eigenvalue weighted by molar-refractivity contribution is 0.664. The number of rotatable bonds is 2. The maximum atomic E-state index is 6.27. The minimum absolute atomic E-state index is 0.874. The molecule has 0 fully saturated rings. The number of furan rings is 2. The van der Waals surface area contributed by atoms with E-state index < -0.39 is 0 Å². The number of fused-ring (bicyclic) bond motifs is 8. The zero-order valence-electron chi connectivity index (χ0n) is 20.8. The van der Waals surface area contributed by atoms with Crippen LogP contribution in [-0.4, -0.2) is 9.38 Å². The fraction of sp³-hybridized carbons (Fsp3) is 0. The first-order valence-electron chi connectivity index (χ1n) is 13.0. The SMILES string of the molecule is c1ccc2c(c1)oc1cc3c(cc12)oc1ccc(-c2ccc4cc(-c5cn6ccccc6n5)ccc4c2)cc13. The van der Waals surface area contributed by atoms with E-state index in [2.05, 4.69) is 83.4 Å². The quantitative estimate of drug-likeness (QED) is 0.237. The highest BCUT2D eigenvalue weighted by atomic mass is 16.3. The van der Waals surface area contributed by atoms with Gasteiger partial charge in [-0.05, 0) is 76.5 Å². The summed E-state index contributed by atoms with van der Waals surface area (Å²) >= 11 is 0. The maximum absolute atomic E-state index is 6.27. The van der Waals surface area contributed by atoms with E-state index in [1.54, 1.807) is 0 Å². The van der Waals surface area contributed by atoms with Gasteiger partial charge >= 0.3 is 0 Å². The van der Waals surface area contributed by atoms with Crippen LogP contribution in [0, 0.1) is 0 Å². The lowest BCUT2D eigenvalue weighted by atomic mass is 9.98. The smallest absolute Gasteiger partial charge is 0.137 e. The summed E-state index contributed by atoms with van der Waals surface area (Å²) in [6, 6.07) is 38.0. The van der Waals surface area contributed by atoms with Crippen molar-refractivity contribution in [2.75, 3.05) is 0 Å². The molecule has 0 unspecified atom stereocenters. The van der Waals surface area contributed by atoms with Gasteiger partial charge < -0.3 is 13.2 Å². The molecule has 0 spiro atoms. The largest absolute Gasteiger partial charge is 0.456 e. The summed E-state index contributed by atoms with van der Waals surface area (Å²) in [5, 5.41) is 6.73. The summed E-state index contributed by atoms with van der Waals surface area (Å²) in [4.78, 5) is 4.78. The molecule has 0 aliphatic heterocycles. The fourth-order valence-corrected chi connectivity index (χ4v) is 5.83. The molecular formula is C35H20N2O2. The Bertz CT molecular complexity index is 2370. The van der Waals surface area contributed by atoms with E-state index in [1.165, 1.54) is 16.3 Å². The summed E-state index contributed by atoms with van der Waals surface area (Å²) in [6.07, 6.45) is 4.10. The van der Waals surface area contributed by atoms with Crippen LogP contribution >= 0.6 is 0 Å². The first-order valence-corrected chi connectivity index (χ1v) is 13.0. The Morgan fingerprint density at radius 3 is 1.97 bits per heavy atom. The van der Waals surface area contributed by atoms with Gasteiger partial charge in [-0.1, -0.05) is 54.6 Å². The van der Waals surface area contributed by atoms with Crippen LogP contribution < -0.4 is 0 Å². The van der Waals surface area contributed by atoms with Crippen molar-refractivity contribution in [3.63, 3.8) is 0 Å². The summed E-state index contributed by atoms with van der Waals surface area (Å²) in [5.74, 6) is 0. The lowest BCUT2D eigenvalue weighted by Gasteiger charge is -2.06. The molecule has 182 valence electrons. The third kappa shape index (κ3) is 3.09. The molecule has 0 N–H and O–H groups in total. The second kappa shape index (κ2) is 7.59. The summed E-state index contributed by atoms with van der Waals surface area (Å²) < 4.78 is 14.5. The van der Waals surface area contributed by atoms with Crippen molar-refractivity contribution in [3.8, 4) is 22.4 Å². The number of aromatic nitrogens is 2. The summed E-state index contributed by atoms with van der Waals surface area (Å²) in [6.45, 7) is 0. The van der Waals surface area contributed by atoms with Crippen molar-refractivity contribution in [2.24, 2.45) is 0 Å². The molecule has 0 saturated heterocycles. The predicted octanol–water partition coefficient (Wildman–Crippen LogP) is 9.62.